The first-order chi connectivity index (χ1) is 29.2. The standard InChI is InChI=1S/C50H63ClN2O8/c1-49(2)38-20-9-11-22-40(38)52(32-13-5-7-26-46(58)60-34-16-24-44(54)55)42(49)30-28-36-18-15-19-37(48(36)51)29-31-43-50(3,4)39-21-10-12-23-41(39)53(43)33-14-6-8-27-47(59)61-35-17-25-45(56)57/h9-12,20-23,28-31H,5-8,13-19,24-27,32-35H2,1-4H3,(H-,54,55,56,57)/p+1. The average Bonchev–Trinajstić information content (AvgIpc) is 3.57. The molecule has 2 N–H and O–H groups in total. The monoisotopic (exact) mass is 855 g/mol. The Morgan fingerprint density at radius 2 is 1.31 bits per heavy atom. The number of benzene rings is 2. The van der Waals surface area contributed by atoms with Gasteiger partial charge >= 0.3 is 23.9 Å². The zero-order valence-corrected chi connectivity index (χ0v) is 37.2. The number of carboxylic acid groups (broad SMARTS) is 2. The van der Waals surface area contributed by atoms with Crippen molar-refractivity contribution in [2.45, 2.75) is 135 Å². The zero-order valence-electron chi connectivity index (χ0n) is 36.5. The van der Waals surface area contributed by atoms with Crippen molar-refractivity contribution in [3.63, 3.8) is 0 Å². The number of hydrogen-bond acceptors (Lipinski definition) is 7. The van der Waals surface area contributed by atoms with Crippen LogP contribution in [0, 0.1) is 0 Å². The number of fused-ring (bicyclic) bond motifs is 2. The normalized spacial score (nSPS) is 18.0. The van der Waals surface area contributed by atoms with Crippen LogP contribution in [0.15, 0.2) is 94.7 Å². The van der Waals surface area contributed by atoms with Crippen molar-refractivity contribution < 1.29 is 43.4 Å². The number of nitrogens with zero attached hydrogens (tertiary/aromatic N) is 2. The lowest BCUT2D eigenvalue weighted by atomic mass is 9.81. The van der Waals surface area contributed by atoms with Crippen LogP contribution in [0.4, 0.5) is 11.4 Å². The summed E-state index contributed by atoms with van der Waals surface area (Å²) in [6.07, 6.45) is 18.0. The van der Waals surface area contributed by atoms with Crippen LogP contribution in [0.2, 0.25) is 0 Å². The molecule has 2 heterocycles. The Hall–Kier alpha value is -4.96. The summed E-state index contributed by atoms with van der Waals surface area (Å²) in [4.78, 5) is 48.2. The lowest BCUT2D eigenvalue weighted by molar-refractivity contribution is -0.438. The number of unbranched alkanes of at least 4 members (excludes halogenated alkanes) is 4. The minimum Gasteiger partial charge on any atom is -0.481 e. The molecule has 1 aliphatic carbocycles. The zero-order chi connectivity index (χ0) is 44.0. The van der Waals surface area contributed by atoms with Gasteiger partial charge in [0.15, 0.2) is 5.71 Å². The number of para-hydroxylation sites is 2. The number of carboxylic acids is 2. The van der Waals surface area contributed by atoms with Gasteiger partial charge in [-0.1, -0.05) is 80.4 Å². The van der Waals surface area contributed by atoms with E-state index in [0.717, 1.165) is 74.2 Å². The summed E-state index contributed by atoms with van der Waals surface area (Å²) in [6, 6.07) is 17.2. The maximum Gasteiger partial charge on any atom is 0.305 e. The Bertz CT molecular complexity index is 2070. The van der Waals surface area contributed by atoms with Crippen LogP contribution in [0.1, 0.15) is 135 Å². The summed E-state index contributed by atoms with van der Waals surface area (Å²) in [6.45, 7) is 11.0. The summed E-state index contributed by atoms with van der Waals surface area (Å²) in [7, 11) is 0. The van der Waals surface area contributed by atoms with Crippen molar-refractivity contribution >= 4 is 52.6 Å². The first-order valence-electron chi connectivity index (χ1n) is 22.1. The van der Waals surface area contributed by atoms with Gasteiger partial charge in [0.2, 0.25) is 5.69 Å². The highest BCUT2D eigenvalue weighted by Crippen LogP contribution is 2.48. The molecule has 328 valence electrons. The molecule has 0 fully saturated rings. The van der Waals surface area contributed by atoms with Gasteiger partial charge in [-0.3, -0.25) is 19.2 Å². The van der Waals surface area contributed by atoms with E-state index in [1.165, 1.54) is 33.9 Å². The third kappa shape index (κ3) is 12.6. The molecule has 11 heteroatoms. The highest BCUT2D eigenvalue weighted by molar-refractivity contribution is 6.32. The minimum atomic E-state index is -0.889. The van der Waals surface area contributed by atoms with Gasteiger partial charge in [0, 0.05) is 78.2 Å². The molecular formula is C50H64ClN2O8+. The van der Waals surface area contributed by atoms with Gasteiger partial charge in [0.1, 0.15) is 6.54 Å². The van der Waals surface area contributed by atoms with E-state index in [9.17, 15) is 19.2 Å². The van der Waals surface area contributed by atoms with Crippen LogP contribution in [0.3, 0.4) is 0 Å². The quantitative estimate of drug-likeness (QED) is 0.0636. The van der Waals surface area contributed by atoms with E-state index in [4.69, 9.17) is 31.3 Å². The van der Waals surface area contributed by atoms with Crippen LogP contribution < -0.4 is 4.90 Å². The van der Waals surface area contributed by atoms with E-state index in [2.05, 4.69) is 110 Å². The SMILES string of the molecule is CC1(C)C(/C=C/C2=C(Cl)C(=C/C=C3/N(CCCCCC(=O)OCCCC(=O)O)c4ccccc4C3(C)C)/CCC2)=[N+](CCCCCC(=O)OCCCC(=O)O)c2ccccc21. The molecule has 0 amide bonds. The number of anilines is 1. The molecule has 0 atom stereocenters. The largest absolute Gasteiger partial charge is 0.481 e. The second-order valence-electron chi connectivity index (χ2n) is 17.3. The van der Waals surface area contributed by atoms with Gasteiger partial charge in [0.25, 0.3) is 0 Å². The fourth-order valence-corrected chi connectivity index (χ4v) is 9.04. The van der Waals surface area contributed by atoms with Crippen LogP contribution in [-0.4, -0.2) is 70.7 Å². The highest BCUT2D eigenvalue weighted by Gasteiger charge is 2.44. The Kier molecular flexibility index (Phi) is 17.2. The number of allylic oxidation sites excluding steroid dienone is 8. The third-order valence-electron chi connectivity index (χ3n) is 12.1. The Morgan fingerprint density at radius 3 is 1.97 bits per heavy atom. The average molecular weight is 857 g/mol. The van der Waals surface area contributed by atoms with Crippen LogP contribution in [-0.2, 0) is 39.5 Å². The van der Waals surface area contributed by atoms with E-state index in [-0.39, 0.29) is 48.8 Å². The van der Waals surface area contributed by atoms with Gasteiger partial charge in [-0.25, -0.2) is 0 Å². The summed E-state index contributed by atoms with van der Waals surface area (Å²) in [5.74, 6) is -2.33. The predicted molar refractivity (Wildman–Crippen MR) is 241 cm³/mol. The Balaban J connectivity index is 1.27. The van der Waals surface area contributed by atoms with Crippen molar-refractivity contribution in [3.8, 4) is 0 Å². The smallest absolute Gasteiger partial charge is 0.305 e. The van der Waals surface area contributed by atoms with Crippen molar-refractivity contribution in [1.29, 1.82) is 0 Å². The van der Waals surface area contributed by atoms with Crippen LogP contribution in [0.5, 0.6) is 0 Å². The molecular weight excluding hydrogens is 792 g/mol. The molecule has 3 aliphatic rings. The highest BCUT2D eigenvalue weighted by atomic mass is 35.5. The molecule has 0 unspecified atom stereocenters. The summed E-state index contributed by atoms with van der Waals surface area (Å²) < 4.78 is 12.8. The number of aliphatic carboxylic acids is 2. The number of hydrogen-bond donors (Lipinski definition) is 2. The fraction of sp³-hybridized carbons (Fsp3) is 0.500. The maximum absolute atomic E-state index is 12.2. The van der Waals surface area contributed by atoms with Crippen LogP contribution >= 0.6 is 11.6 Å². The molecule has 0 aromatic heterocycles. The van der Waals surface area contributed by atoms with Crippen LogP contribution in [0.25, 0.3) is 0 Å². The van der Waals surface area contributed by atoms with Gasteiger partial charge < -0.3 is 24.6 Å². The van der Waals surface area contributed by atoms with Gasteiger partial charge in [-0.2, -0.15) is 4.58 Å². The molecule has 5 rings (SSSR count). The van der Waals surface area contributed by atoms with Gasteiger partial charge in [0.05, 0.1) is 18.6 Å². The maximum atomic E-state index is 12.2. The number of carbonyl (C=O) groups is 4. The molecule has 0 bridgehead atoms. The Labute approximate surface area is 366 Å². The summed E-state index contributed by atoms with van der Waals surface area (Å²) in [5.41, 5.74) is 9.26. The number of rotatable bonds is 23. The molecule has 0 saturated heterocycles. The van der Waals surface area contributed by atoms with Gasteiger partial charge in [-0.15, -0.1) is 0 Å². The van der Waals surface area contributed by atoms with Crippen molar-refractivity contribution in [2.24, 2.45) is 0 Å². The second kappa shape index (κ2) is 22.2. The molecule has 0 radical (unpaired) electrons. The minimum absolute atomic E-state index is 0.00451. The fourth-order valence-electron chi connectivity index (χ4n) is 8.73. The molecule has 10 nitrogen and oxygen atoms in total. The first-order valence-corrected chi connectivity index (χ1v) is 22.4. The number of carbonyl (C=O) groups excluding carboxylic acids is 2. The molecule has 61 heavy (non-hydrogen) atoms. The van der Waals surface area contributed by atoms with Crippen molar-refractivity contribution in [1.82, 2.24) is 0 Å². The second-order valence-corrected chi connectivity index (χ2v) is 17.7. The lowest BCUT2D eigenvalue weighted by Gasteiger charge is -2.27. The molecule has 0 spiro atoms. The first kappa shape index (κ1) is 47.1. The molecule has 0 saturated carbocycles. The van der Waals surface area contributed by atoms with Crippen molar-refractivity contribution in [2.75, 3.05) is 31.2 Å². The number of ether oxygens (including phenoxy) is 2. The van der Waals surface area contributed by atoms with E-state index < -0.39 is 11.9 Å². The molecule has 2 aromatic carbocycles. The number of halogens is 1. The van der Waals surface area contributed by atoms with E-state index in [1.807, 2.05) is 0 Å². The van der Waals surface area contributed by atoms with Gasteiger partial charge in [-0.05, 0) is 100 Å². The molecule has 2 aliphatic heterocycles. The predicted octanol–water partition coefficient (Wildman–Crippen LogP) is 10.8. The topological polar surface area (TPSA) is 133 Å². The Morgan fingerprint density at radius 1 is 0.705 bits per heavy atom. The third-order valence-corrected chi connectivity index (χ3v) is 12.5. The number of esters is 2. The van der Waals surface area contributed by atoms with E-state index >= 15 is 0 Å². The summed E-state index contributed by atoms with van der Waals surface area (Å²) >= 11 is 7.27. The van der Waals surface area contributed by atoms with E-state index in [0.29, 0.717) is 38.5 Å². The lowest BCUT2D eigenvalue weighted by Crippen LogP contribution is -2.28. The van der Waals surface area contributed by atoms with E-state index in [1.54, 1.807) is 0 Å². The molecule has 2 aromatic rings. The summed E-state index contributed by atoms with van der Waals surface area (Å²) in [5, 5.41) is 18.4. The van der Waals surface area contributed by atoms with Crippen molar-refractivity contribution in [3.05, 3.63) is 106 Å².